The molecule has 3 aromatic rings. The van der Waals surface area contributed by atoms with Gasteiger partial charge in [-0.1, -0.05) is 36.6 Å². The van der Waals surface area contributed by atoms with Crippen molar-refractivity contribution < 1.29 is 32.8 Å². The van der Waals surface area contributed by atoms with E-state index in [9.17, 15) is 8.68 Å². The van der Waals surface area contributed by atoms with E-state index in [2.05, 4.69) is 68.0 Å². The Labute approximate surface area is 273 Å². The molecule has 0 aromatic heterocycles. The summed E-state index contributed by atoms with van der Waals surface area (Å²) in [5.74, 6) is 0.0933. The van der Waals surface area contributed by atoms with Gasteiger partial charge in [-0.3, -0.25) is 4.79 Å². The van der Waals surface area contributed by atoms with Gasteiger partial charge in [-0.25, -0.2) is 0 Å². The van der Waals surface area contributed by atoms with Crippen LogP contribution in [0, 0.1) is 6.07 Å². The van der Waals surface area contributed by atoms with Crippen molar-refractivity contribution >= 4 is 52.1 Å². The first-order chi connectivity index (χ1) is 20.6. The summed E-state index contributed by atoms with van der Waals surface area (Å²) >= 11 is 1.51. The number of anilines is 2. The fraction of sp³-hybridized carbons (Fsp3) is 0.424. The molecule has 232 valence electrons. The van der Waals surface area contributed by atoms with Crippen molar-refractivity contribution in [3.05, 3.63) is 84.4 Å². The van der Waals surface area contributed by atoms with E-state index in [1.807, 2.05) is 0 Å². The number of hydrogen-bond acceptors (Lipinski definition) is 4. The molecule has 0 saturated heterocycles. The van der Waals surface area contributed by atoms with E-state index in [-0.39, 0.29) is 18.3 Å². The van der Waals surface area contributed by atoms with Gasteiger partial charge in [0.2, 0.25) is 5.91 Å². The standard InChI is InChI=1S/C20H32NP.C13H9FNO2S.Au.ClH/c1-21(2)19-15-9-10-16-20(19)22(17-11-5-3-6-12-17)18-13-7-4-8-14-18;14-18-17-12-8-4-7-11(9-12)15-13(16)10-5-2-1-3-6-10;;/h9-10,15-18H,3-8,11-14H2,1-2H3;2-9H,(H,15,16);;1H/q;-1;+1;. The SMILES string of the molecule is CN(C)c1ccccc1[PH+](C1CCCCC1)C1CCCCC1.O=C(Nc1cccc(OSF)c1)c1cc[c-]cc1.[Cl][Au]. The Balaban J connectivity index is 0.000000222. The van der Waals surface area contributed by atoms with Gasteiger partial charge in [0.25, 0.3) is 12.4 Å². The summed E-state index contributed by atoms with van der Waals surface area (Å²) in [6, 6.07) is 25.3. The van der Waals surface area contributed by atoms with Crippen LogP contribution in [0.25, 0.3) is 0 Å². The molecule has 0 bridgehead atoms. The van der Waals surface area contributed by atoms with Gasteiger partial charge < -0.3 is 14.4 Å². The van der Waals surface area contributed by atoms with E-state index in [1.54, 1.807) is 73.8 Å². The molecule has 4 nitrogen and oxygen atoms in total. The van der Waals surface area contributed by atoms with Crippen molar-refractivity contribution in [2.24, 2.45) is 0 Å². The molecule has 9 heteroatoms. The fourth-order valence-corrected chi connectivity index (χ4v) is 10.8. The molecule has 42 heavy (non-hydrogen) atoms. The predicted octanol–water partition coefficient (Wildman–Crippen LogP) is 9.60. The van der Waals surface area contributed by atoms with Crippen molar-refractivity contribution in [3.63, 3.8) is 0 Å². The number of hydrogen-bond donors (Lipinski definition) is 1. The second-order valence-corrected chi connectivity index (χ2v) is 14.3. The number of amides is 1. The summed E-state index contributed by atoms with van der Waals surface area (Å²) in [6.07, 6.45) is 14.9. The second kappa shape index (κ2) is 19.7. The molecule has 0 atom stereocenters. The minimum atomic E-state index is -0.439. The van der Waals surface area contributed by atoms with Crippen LogP contribution in [0.2, 0.25) is 0 Å². The zero-order valence-corrected chi connectivity index (χ0v) is 29.1. The van der Waals surface area contributed by atoms with Gasteiger partial charge in [-0.05, 0) is 75.6 Å². The topological polar surface area (TPSA) is 41.6 Å². The van der Waals surface area contributed by atoms with Crippen molar-refractivity contribution in [2.45, 2.75) is 75.5 Å². The number of nitrogens with zero attached hydrogens (tertiary/aromatic N) is 1. The van der Waals surface area contributed by atoms with Gasteiger partial charge >= 0.3 is 29.2 Å². The molecule has 0 aliphatic heterocycles. The van der Waals surface area contributed by atoms with Crippen LogP contribution in [-0.2, 0) is 20.0 Å². The predicted molar refractivity (Wildman–Crippen MR) is 177 cm³/mol. The molecule has 5 rings (SSSR count). The van der Waals surface area contributed by atoms with E-state index in [0.29, 0.717) is 17.0 Å². The van der Waals surface area contributed by atoms with Crippen LogP contribution in [-0.4, -0.2) is 31.3 Å². The number of benzene rings is 3. The summed E-state index contributed by atoms with van der Waals surface area (Å²) < 4.78 is 16.6. The molecule has 0 radical (unpaired) electrons. The van der Waals surface area contributed by atoms with E-state index >= 15 is 0 Å². The normalized spacial score (nSPS) is 15.5. The van der Waals surface area contributed by atoms with Gasteiger partial charge in [0.15, 0.2) is 0 Å². The molecule has 1 amide bonds. The molecule has 2 saturated carbocycles. The third kappa shape index (κ3) is 10.9. The van der Waals surface area contributed by atoms with Crippen molar-refractivity contribution in [3.8, 4) is 5.75 Å². The number of rotatable bonds is 8. The number of nitrogens with one attached hydrogen (secondary N) is 1. The van der Waals surface area contributed by atoms with Gasteiger partial charge in [0.1, 0.15) is 11.1 Å². The Morgan fingerprint density at radius 1 is 0.929 bits per heavy atom. The van der Waals surface area contributed by atoms with E-state index < -0.39 is 7.92 Å². The molecule has 1 N–H and O–H groups in total. The van der Waals surface area contributed by atoms with Crippen molar-refractivity contribution in [1.29, 1.82) is 0 Å². The molecule has 0 spiro atoms. The monoisotopic (exact) mass is 812 g/mol. The maximum absolute atomic E-state index is 11.9. The molecule has 0 unspecified atom stereocenters. The van der Waals surface area contributed by atoms with Crippen LogP contribution in [0.15, 0.2) is 72.8 Å². The molecular formula is C33H42AuClFN2O2PS. The number of carbonyl (C=O) groups excluding carboxylic acids is 1. The zero-order chi connectivity index (χ0) is 30.2. The molecule has 0 heterocycles. The van der Waals surface area contributed by atoms with E-state index in [1.165, 1.54) is 69.9 Å². The number of carbonyl (C=O) groups is 1. The first-order valence-corrected chi connectivity index (χ1v) is 19.6. The van der Waals surface area contributed by atoms with Crippen LogP contribution >= 0.6 is 29.5 Å². The quantitative estimate of drug-likeness (QED) is 0.107. The van der Waals surface area contributed by atoms with Gasteiger partial charge in [0, 0.05) is 33.8 Å². The number of para-hydroxylation sites is 1. The zero-order valence-electron chi connectivity index (χ0n) is 24.4. The Hall–Kier alpha value is -1.53. The van der Waals surface area contributed by atoms with Gasteiger partial charge in [-0.15, -0.1) is 3.89 Å². The first-order valence-electron chi connectivity index (χ1n) is 14.6. The van der Waals surface area contributed by atoms with Crippen LogP contribution in [0.4, 0.5) is 15.3 Å². The Bertz CT molecular complexity index is 1180. The van der Waals surface area contributed by atoms with Crippen LogP contribution < -0.4 is 19.7 Å². The van der Waals surface area contributed by atoms with Crippen LogP contribution in [0.5, 0.6) is 5.75 Å². The summed E-state index contributed by atoms with van der Waals surface area (Å²) in [5.41, 5.74) is 4.64. The summed E-state index contributed by atoms with van der Waals surface area (Å²) in [4.78, 5) is 14.2. The molecule has 2 aliphatic carbocycles. The van der Waals surface area contributed by atoms with E-state index in [0.717, 1.165) is 11.3 Å². The molecule has 2 fully saturated rings. The maximum atomic E-state index is 11.9. The summed E-state index contributed by atoms with van der Waals surface area (Å²) in [7, 11) is 8.59. The third-order valence-electron chi connectivity index (χ3n) is 7.99. The van der Waals surface area contributed by atoms with Crippen molar-refractivity contribution in [2.75, 3.05) is 24.3 Å². The third-order valence-corrected chi connectivity index (χ3v) is 12.2. The number of halogens is 2. The Morgan fingerprint density at radius 2 is 1.52 bits per heavy atom. The Morgan fingerprint density at radius 3 is 2.10 bits per heavy atom. The summed E-state index contributed by atoms with van der Waals surface area (Å²) in [5, 5.41) is 4.44. The van der Waals surface area contributed by atoms with E-state index in [4.69, 9.17) is 0 Å². The first kappa shape index (κ1) is 35.0. The molecule has 3 aromatic carbocycles. The summed E-state index contributed by atoms with van der Waals surface area (Å²) in [6.45, 7) is 0. The molecular weight excluding hydrogens is 771 g/mol. The van der Waals surface area contributed by atoms with Crippen LogP contribution in [0.3, 0.4) is 0 Å². The average molecular weight is 813 g/mol. The second-order valence-electron chi connectivity index (χ2n) is 11.0. The average Bonchev–Trinajstić information content (AvgIpc) is 3.04. The Kier molecular flexibility index (Phi) is 16.4. The van der Waals surface area contributed by atoms with Gasteiger partial charge in [-0.2, -0.15) is 30.3 Å². The fourth-order valence-electron chi connectivity index (χ4n) is 6.11. The van der Waals surface area contributed by atoms with Gasteiger partial charge in [0.05, 0.1) is 17.0 Å². The van der Waals surface area contributed by atoms with Crippen LogP contribution in [0.1, 0.15) is 74.6 Å². The van der Waals surface area contributed by atoms with Crippen molar-refractivity contribution in [1.82, 2.24) is 0 Å². The molecule has 2 aliphatic rings. The minimum absolute atomic E-state index is 0.238.